The number of hydrogen-bond donors (Lipinski definition) is 1. The van der Waals surface area contributed by atoms with Crippen LogP contribution in [0.2, 0.25) is 5.15 Å². The molecule has 0 unspecified atom stereocenters. The average molecular weight is 355 g/mol. The lowest BCUT2D eigenvalue weighted by Gasteiger charge is -2.06. The van der Waals surface area contributed by atoms with E-state index in [1.54, 1.807) is 0 Å². The SMILES string of the molecule is CCn1c(-c2nonc2N)nc2c(Cl)nc(Cc3ccccc3)cc21. The Morgan fingerprint density at radius 1 is 1.16 bits per heavy atom. The molecule has 0 fully saturated rings. The number of nitrogens with zero attached hydrogens (tertiary/aromatic N) is 5. The first-order valence-electron chi connectivity index (χ1n) is 7.85. The second-order valence-electron chi connectivity index (χ2n) is 5.61. The second kappa shape index (κ2) is 6.18. The van der Waals surface area contributed by atoms with Gasteiger partial charge in [0.05, 0.1) is 5.52 Å². The van der Waals surface area contributed by atoms with Gasteiger partial charge in [0.25, 0.3) is 0 Å². The molecule has 1 aromatic carbocycles. The molecule has 0 bridgehead atoms. The quantitative estimate of drug-likeness (QED) is 0.565. The van der Waals surface area contributed by atoms with Crippen molar-refractivity contribution in [1.29, 1.82) is 0 Å². The Hall–Kier alpha value is -2.93. The molecule has 0 amide bonds. The van der Waals surface area contributed by atoms with Gasteiger partial charge in [-0.05, 0) is 28.9 Å². The Labute approximate surface area is 148 Å². The zero-order valence-electron chi connectivity index (χ0n) is 13.5. The first-order valence-corrected chi connectivity index (χ1v) is 8.23. The van der Waals surface area contributed by atoms with Crippen LogP contribution in [-0.4, -0.2) is 24.8 Å². The van der Waals surface area contributed by atoms with Crippen LogP contribution in [0, 0.1) is 0 Å². The third kappa shape index (κ3) is 2.72. The van der Waals surface area contributed by atoms with Gasteiger partial charge in [0.2, 0.25) is 0 Å². The van der Waals surface area contributed by atoms with E-state index >= 15 is 0 Å². The van der Waals surface area contributed by atoms with Crippen LogP contribution in [0.1, 0.15) is 18.2 Å². The van der Waals surface area contributed by atoms with E-state index in [9.17, 15) is 0 Å². The summed E-state index contributed by atoms with van der Waals surface area (Å²) in [6.07, 6.45) is 0.689. The van der Waals surface area contributed by atoms with Crippen molar-refractivity contribution < 1.29 is 4.63 Å². The molecule has 2 N–H and O–H groups in total. The van der Waals surface area contributed by atoms with Gasteiger partial charge in [-0.25, -0.2) is 14.6 Å². The van der Waals surface area contributed by atoms with Crippen molar-refractivity contribution in [2.75, 3.05) is 5.73 Å². The van der Waals surface area contributed by atoms with Crippen LogP contribution in [0.4, 0.5) is 5.82 Å². The first kappa shape index (κ1) is 15.6. The highest BCUT2D eigenvalue weighted by atomic mass is 35.5. The molecule has 0 spiro atoms. The molecule has 25 heavy (non-hydrogen) atoms. The summed E-state index contributed by atoms with van der Waals surface area (Å²) in [5, 5.41) is 7.83. The average Bonchev–Trinajstić information content (AvgIpc) is 3.19. The van der Waals surface area contributed by atoms with Crippen LogP contribution >= 0.6 is 11.6 Å². The van der Waals surface area contributed by atoms with E-state index in [1.807, 2.05) is 35.8 Å². The molecule has 0 aliphatic carbocycles. The number of rotatable bonds is 4. The molecule has 4 aromatic rings. The van der Waals surface area contributed by atoms with E-state index in [-0.39, 0.29) is 5.82 Å². The van der Waals surface area contributed by atoms with E-state index in [4.69, 9.17) is 22.0 Å². The number of nitrogens with two attached hydrogens (primary N) is 1. The molecule has 0 aliphatic heterocycles. The predicted octanol–water partition coefficient (Wildman–Crippen LogP) is 3.33. The van der Waals surface area contributed by atoms with E-state index in [2.05, 4.69) is 32.4 Å². The standard InChI is InChI=1S/C17H15ClN6O/c1-2-24-12-9-11(8-10-6-4-3-5-7-10)20-15(18)13(12)21-17(24)14-16(19)23-25-22-14/h3-7,9H,2,8H2,1H3,(H2,19,23). The summed E-state index contributed by atoms with van der Waals surface area (Å²) in [5.74, 6) is 0.760. The Bertz CT molecular complexity index is 1040. The Morgan fingerprint density at radius 2 is 1.96 bits per heavy atom. The molecule has 0 saturated heterocycles. The number of fused-ring (bicyclic) bond motifs is 1. The zero-order chi connectivity index (χ0) is 17.4. The van der Waals surface area contributed by atoms with Crippen LogP contribution in [0.25, 0.3) is 22.6 Å². The maximum Gasteiger partial charge on any atom is 0.199 e. The normalized spacial score (nSPS) is 11.3. The molecular formula is C17H15ClN6O. The molecule has 7 nitrogen and oxygen atoms in total. The van der Waals surface area contributed by atoms with Crippen LogP contribution in [0.15, 0.2) is 41.0 Å². The van der Waals surface area contributed by atoms with Crippen molar-refractivity contribution in [3.05, 3.63) is 52.8 Å². The van der Waals surface area contributed by atoms with Gasteiger partial charge in [0, 0.05) is 18.7 Å². The van der Waals surface area contributed by atoms with E-state index in [1.165, 1.54) is 0 Å². The fourth-order valence-corrected chi connectivity index (χ4v) is 3.13. The van der Waals surface area contributed by atoms with Gasteiger partial charge in [-0.2, -0.15) is 0 Å². The molecule has 3 heterocycles. The molecule has 0 saturated carbocycles. The van der Waals surface area contributed by atoms with Crippen LogP contribution < -0.4 is 5.73 Å². The number of aryl methyl sites for hydroxylation is 1. The number of hydrogen-bond acceptors (Lipinski definition) is 6. The molecule has 0 radical (unpaired) electrons. The Morgan fingerprint density at radius 3 is 2.64 bits per heavy atom. The minimum atomic E-state index is 0.193. The summed E-state index contributed by atoms with van der Waals surface area (Å²) in [4.78, 5) is 9.05. The van der Waals surface area contributed by atoms with Gasteiger partial charge in [-0.3, -0.25) is 0 Å². The van der Waals surface area contributed by atoms with E-state index < -0.39 is 0 Å². The van der Waals surface area contributed by atoms with Gasteiger partial charge in [0.15, 0.2) is 22.5 Å². The van der Waals surface area contributed by atoms with Gasteiger partial charge in [0.1, 0.15) is 5.52 Å². The van der Waals surface area contributed by atoms with Gasteiger partial charge >= 0.3 is 0 Å². The van der Waals surface area contributed by atoms with Crippen LogP contribution in [0.3, 0.4) is 0 Å². The maximum absolute atomic E-state index is 6.39. The largest absolute Gasteiger partial charge is 0.379 e. The van der Waals surface area contributed by atoms with Crippen molar-refractivity contribution in [2.24, 2.45) is 0 Å². The summed E-state index contributed by atoms with van der Waals surface area (Å²) in [5.41, 5.74) is 9.75. The predicted molar refractivity (Wildman–Crippen MR) is 95.2 cm³/mol. The lowest BCUT2D eigenvalue weighted by Crippen LogP contribution is -2.00. The van der Waals surface area contributed by atoms with Gasteiger partial charge in [-0.15, -0.1) is 0 Å². The molecular weight excluding hydrogens is 340 g/mol. The number of pyridine rings is 1. The molecule has 0 atom stereocenters. The van der Waals surface area contributed by atoms with Crippen molar-refractivity contribution in [3.8, 4) is 11.5 Å². The number of anilines is 1. The highest BCUT2D eigenvalue weighted by Gasteiger charge is 2.20. The summed E-state index contributed by atoms with van der Waals surface area (Å²) in [6, 6.07) is 12.1. The number of nitrogen functional groups attached to an aromatic ring is 1. The third-order valence-electron chi connectivity index (χ3n) is 4.02. The second-order valence-corrected chi connectivity index (χ2v) is 5.97. The maximum atomic E-state index is 6.39. The first-order chi connectivity index (χ1) is 12.2. The lowest BCUT2D eigenvalue weighted by molar-refractivity contribution is 0.310. The minimum absolute atomic E-state index is 0.193. The third-order valence-corrected chi connectivity index (χ3v) is 4.28. The topological polar surface area (TPSA) is 95.7 Å². The monoisotopic (exact) mass is 354 g/mol. The summed E-state index contributed by atoms with van der Waals surface area (Å²) in [7, 11) is 0. The highest BCUT2D eigenvalue weighted by molar-refractivity contribution is 6.33. The molecule has 126 valence electrons. The van der Waals surface area contributed by atoms with Crippen LogP contribution in [0.5, 0.6) is 0 Å². The van der Waals surface area contributed by atoms with Gasteiger partial charge in [-0.1, -0.05) is 41.9 Å². The summed E-state index contributed by atoms with van der Waals surface area (Å²) < 4.78 is 6.68. The van der Waals surface area contributed by atoms with Crippen molar-refractivity contribution in [2.45, 2.75) is 19.9 Å². The van der Waals surface area contributed by atoms with Crippen molar-refractivity contribution in [3.63, 3.8) is 0 Å². The fraction of sp³-hybridized carbons (Fsp3) is 0.176. The molecule has 0 aliphatic rings. The molecule has 8 heteroatoms. The summed E-state index contributed by atoms with van der Waals surface area (Å²) >= 11 is 6.39. The lowest BCUT2D eigenvalue weighted by atomic mass is 10.1. The Balaban J connectivity index is 1.86. The Kier molecular flexibility index (Phi) is 3.85. The molecule has 4 rings (SSSR count). The number of imidazole rings is 1. The number of aromatic nitrogens is 5. The van der Waals surface area contributed by atoms with Crippen LogP contribution in [-0.2, 0) is 13.0 Å². The van der Waals surface area contributed by atoms with Gasteiger partial charge < -0.3 is 10.3 Å². The number of benzene rings is 1. The van der Waals surface area contributed by atoms with Crippen molar-refractivity contribution >= 4 is 28.5 Å². The fourth-order valence-electron chi connectivity index (χ4n) is 2.88. The van der Waals surface area contributed by atoms with E-state index in [0.717, 1.165) is 16.8 Å². The zero-order valence-corrected chi connectivity index (χ0v) is 14.2. The minimum Gasteiger partial charge on any atom is -0.379 e. The van der Waals surface area contributed by atoms with E-state index in [0.29, 0.717) is 35.2 Å². The summed E-state index contributed by atoms with van der Waals surface area (Å²) in [6.45, 7) is 2.68. The molecule has 3 aromatic heterocycles. The number of halogens is 1. The smallest absolute Gasteiger partial charge is 0.199 e. The highest BCUT2D eigenvalue weighted by Crippen LogP contribution is 2.30. The van der Waals surface area contributed by atoms with Crippen molar-refractivity contribution in [1.82, 2.24) is 24.8 Å².